The van der Waals surface area contributed by atoms with Crippen molar-refractivity contribution in [3.8, 4) is 5.75 Å². The van der Waals surface area contributed by atoms with Crippen LogP contribution in [0.1, 0.15) is 27.5 Å². The molecule has 0 aliphatic carbocycles. The topological polar surface area (TPSA) is 79.0 Å². The number of carbonyl (C=O) groups is 3. The lowest BCUT2D eigenvalue weighted by Crippen LogP contribution is -2.48. The van der Waals surface area contributed by atoms with Gasteiger partial charge in [-0.05, 0) is 55.0 Å². The highest BCUT2D eigenvalue weighted by Crippen LogP contribution is 2.42. The smallest absolute Gasteiger partial charge is 0.268 e. The number of rotatable bonds is 4. The lowest BCUT2D eigenvalue weighted by molar-refractivity contribution is -0.123. The molecule has 3 aromatic rings. The van der Waals surface area contributed by atoms with Crippen LogP contribution in [-0.4, -0.2) is 35.9 Å². The van der Waals surface area contributed by atoms with E-state index in [0.29, 0.717) is 17.0 Å². The number of carbonyl (C=O) groups excluding carboxylic acids is 3. The first-order valence-corrected chi connectivity index (χ1v) is 11.6. The molecule has 34 heavy (non-hydrogen) atoms. The zero-order valence-corrected chi connectivity index (χ0v) is 20.2. The Morgan fingerprint density at radius 1 is 0.971 bits per heavy atom. The third kappa shape index (κ3) is 3.69. The predicted molar refractivity (Wildman–Crippen MR) is 130 cm³/mol. The minimum atomic E-state index is -0.965. The van der Waals surface area contributed by atoms with Crippen molar-refractivity contribution in [1.29, 1.82) is 0 Å². The van der Waals surface area contributed by atoms with Crippen LogP contribution in [0.2, 0.25) is 0 Å². The lowest BCUT2D eigenvalue weighted by atomic mass is 9.91. The van der Waals surface area contributed by atoms with Gasteiger partial charge in [0, 0.05) is 10.0 Å². The number of hydrogen-bond donors (Lipinski definition) is 1. The van der Waals surface area contributed by atoms with Gasteiger partial charge in [0.25, 0.3) is 11.8 Å². The molecule has 7 nitrogen and oxygen atoms in total. The molecule has 0 aromatic heterocycles. The number of hydrogen-bond acceptors (Lipinski definition) is 5. The summed E-state index contributed by atoms with van der Waals surface area (Å²) in [4.78, 5) is 42.0. The van der Waals surface area contributed by atoms with Crippen LogP contribution in [-0.2, 0) is 9.59 Å². The number of halogens is 1. The molecule has 5 rings (SSSR count). The Morgan fingerprint density at radius 3 is 2.32 bits per heavy atom. The molecule has 0 bridgehead atoms. The zero-order chi connectivity index (χ0) is 24.0. The van der Waals surface area contributed by atoms with E-state index in [1.54, 1.807) is 49.6 Å². The van der Waals surface area contributed by atoms with E-state index >= 15 is 0 Å². The van der Waals surface area contributed by atoms with E-state index in [1.807, 2.05) is 37.3 Å². The van der Waals surface area contributed by atoms with Gasteiger partial charge in [0.2, 0.25) is 5.91 Å². The fourth-order valence-corrected chi connectivity index (χ4v) is 4.97. The zero-order valence-electron chi connectivity index (χ0n) is 18.6. The number of anilines is 1. The fraction of sp³-hybridized carbons (Fsp3) is 0.192. The Hall–Kier alpha value is -3.49. The summed E-state index contributed by atoms with van der Waals surface area (Å²) >= 11 is 3.39. The third-order valence-electron chi connectivity index (χ3n) is 6.29. The van der Waals surface area contributed by atoms with E-state index in [0.717, 1.165) is 15.6 Å². The number of methoxy groups -OCH3 is 1. The van der Waals surface area contributed by atoms with Crippen LogP contribution >= 0.6 is 15.9 Å². The molecule has 0 unspecified atom stereocenters. The molecular weight excluding hydrogens is 498 g/mol. The van der Waals surface area contributed by atoms with Gasteiger partial charge in [0.05, 0.1) is 24.8 Å². The molecule has 2 saturated heterocycles. The average Bonchev–Trinajstić information content (AvgIpc) is 3.36. The lowest BCUT2D eigenvalue weighted by Gasteiger charge is -2.25. The maximum atomic E-state index is 13.6. The number of fused-ring (bicyclic) bond motifs is 1. The van der Waals surface area contributed by atoms with Crippen LogP contribution < -0.4 is 15.1 Å². The van der Waals surface area contributed by atoms with Crippen molar-refractivity contribution in [2.75, 3.05) is 12.0 Å². The van der Waals surface area contributed by atoms with Gasteiger partial charge in [-0.2, -0.15) is 0 Å². The van der Waals surface area contributed by atoms with E-state index in [4.69, 9.17) is 4.74 Å². The molecule has 0 radical (unpaired) electrons. The molecule has 3 aromatic carbocycles. The van der Waals surface area contributed by atoms with E-state index in [9.17, 15) is 14.4 Å². The first-order valence-electron chi connectivity index (χ1n) is 10.8. The van der Waals surface area contributed by atoms with Crippen molar-refractivity contribution in [3.05, 3.63) is 94.0 Å². The number of benzene rings is 3. The molecule has 8 heteroatoms. The fourth-order valence-electron chi connectivity index (χ4n) is 4.57. The van der Waals surface area contributed by atoms with Gasteiger partial charge in [-0.3, -0.25) is 19.4 Å². The summed E-state index contributed by atoms with van der Waals surface area (Å²) in [6.07, 6.45) is 0. The largest absolute Gasteiger partial charge is 0.497 e. The first kappa shape index (κ1) is 22.3. The van der Waals surface area contributed by atoms with E-state index < -0.39 is 23.9 Å². The second-order valence-corrected chi connectivity index (χ2v) is 9.30. The van der Waals surface area contributed by atoms with E-state index in [2.05, 4.69) is 21.4 Å². The Balaban J connectivity index is 1.57. The van der Waals surface area contributed by atoms with Crippen molar-refractivity contribution in [3.63, 3.8) is 0 Å². The van der Waals surface area contributed by atoms with Crippen LogP contribution in [0, 0.1) is 12.8 Å². The van der Waals surface area contributed by atoms with Gasteiger partial charge in [-0.25, -0.2) is 10.3 Å². The normalized spacial score (nSPS) is 21.7. The summed E-state index contributed by atoms with van der Waals surface area (Å²) in [6.45, 7) is 1.94. The van der Waals surface area contributed by atoms with Crippen LogP contribution in [0.15, 0.2) is 77.3 Å². The Bertz CT molecular complexity index is 1280. The highest BCUT2D eigenvalue weighted by molar-refractivity contribution is 9.10. The minimum Gasteiger partial charge on any atom is -0.497 e. The summed E-state index contributed by atoms with van der Waals surface area (Å²) in [5.74, 6) is -1.23. The number of amides is 3. The summed E-state index contributed by atoms with van der Waals surface area (Å²) in [6, 6.07) is 19.9. The van der Waals surface area contributed by atoms with Crippen LogP contribution in [0.25, 0.3) is 0 Å². The number of hydrazine groups is 1. The summed E-state index contributed by atoms with van der Waals surface area (Å²) in [5.41, 5.74) is 5.88. The molecule has 3 atom stereocenters. The van der Waals surface area contributed by atoms with Gasteiger partial charge >= 0.3 is 0 Å². The summed E-state index contributed by atoms with van der Waals surface area (Å²) in [7, 11) is 1.58. The molecule has 2 aliphatic heterocycles. The third-order valence-corrected chi connectivity index (χ3v) is 6.79. The average molecular weight is 520 g/mol. The van der Waals surface area contributed by atoms with Crippen LogP contribution in [0.5, 0.6) is 5.75 Å². The van der Waals surface area contributed by atoms with Gasteiger partial charge in [-0.15, -0.1) is 0 Å². The second kappa shape index (κ2) is 8.70. The SMILES string of the molecule is COc1ccc([C@@H]2NN(C(=O)c3cccc(Br)c3)[C@@H]3C(=O)N(c4ccc(C)cc4)C(=O)[C@H]32)cc1. The number of nitrogens with zero attached hydrogens (tertiary/aromatic N) is 2. The van der Waals surface area contributed by atoms with Gasteiger partial charge in [-0.1, -0.05) is 51.8 Å². The number of imide groups is 1. The molecule has 2 aliphatic rings. The van der Waals surface area contributed by atoms with Gasteiger partial charge in [0.1, 0.15) is 11.8 Å². The Labute approximate surface area is 205 Å². The molecule has 172 valence electrons. The van der Waals surface area contributed by atoms with Crippen LogP contribution in [0.3, 0.4) is 0 Å². The number of nitrogens with one attached hydrogen (secondary N) is 1. The Kier molecular flexibility index (Phi) is 5.71. The molecule has 2 heterocycles. The highest BCUT2D eigenvalue weighted by atomic mass is 79.9. The monoisotopic (exact) mass is 519 g/mol. The van der Waals surface area contributed by atoms with Gasteiger partial charge < -0.3 is 4.74 Å². The molecule has 1 N–H and O–H groups in total. The van der Waals surface area contributed by atoms with Crippen LogP contribution in [0.4, 0.5) is 5.69 Å². The molecule has 2 fully saturated rings. The molecular formula is C26H22BrN3O4. The quantitative estimate of drug-likeness (QED) is 0.526. The standard InChI is InChI=1S/C26H22BrN3O4/c1-15-6-10-19(11-7-15)29-25(32)21-22(16-8-12-20(34-2)13-9-16)28-30(23(21)26(29)33)24(31)17-4-3-5-18(27)14-17/h3-14,21-23,28H,1-2H3/t21-,22-,23-/m0/s1. The summed E-state index contributed by atoms with van der Waals surface area (Å²) < 4.78 is 6.00. The van der Waals surface area contributed by atoms with Crippen molar-refractivity contribution >= 4 is 39.3 Å². The van der Waals surface area contributed by atoms with Crippen molar-refractivity contribution in [2.45, 2.75) is 19.0 Å². The second-order valence-electron chi connectivity index (χ2n) is 8.38. The summed E-state index contributed by atoms with van der Waals surface area (Å²) in [5, 5.41) is 1.32. The number of aryl methyl sites for hydroxylation is 1. The van der Waals surface area contributed by atoms with E-state index in [1.165, 1.54) is 9.91 Å². The van der Waals surface area contributed by atoms with Gasteiger partial charge in [0.15, 0.2) is 0 Å². The van der Waals surface area contributed by atoms with Crippen molar-refractivity contribution in [2.24, 2.45) is 5.92 Å². The molecule has 0 saturated carbocycles. The molecule has 3 amide bonds. The minimum absolute atomic E-state index is 0.336. The van der Waals surface area contributed by atoms with Crippen molar-refractivity contribution in [1.82, 2.24) is 10.4 Å². The van der Waals surface area contributed by atoms with E-state index in [-0.39, 0.29) is 11.8 Å². The Morgan fingerprint density at radius 2 is 1.68 bits per heavy atom. The first-order chi connectivity index (χ1) is 16.4. The van der Waals surface area contributed by atoms with Crippen molar-refractivity contribution < 1.29 is 19.1 Å². The number of ether oxygens (including phenoxy) is 1. The highest BCUT2D eigenvalue weighted by Gasteiger charge is 2.60. The predicted octanol–water partition coefficient (Wildman–Crippen LogP) is 4.03. The molecule has 0 spiro atoms. The maximum absolute atomic E-state index is 13.6. The maximum Gasteiger partial charge on any atom is 0.268 e.